The Morgan fingerprint density at radius 1 is 0.438 bits per heavy atom. The van der Waals surface area contributed by atoms with Crippen LogP contribution in [0.25, 0.3) is 77.2 Å². The Hall–Kier alpha value is -10.2. The second-order valence-corrected chi connectivity index (χ2v) is 20.8. The van der Waals surface area contributed by atoms with Crippen LogP contribution in [0.2, 0.25) is 0 Å². The zero-order valence-electron chi connectivity index (χ0n) is 43.9. The van der Waals surface area contributed by atoms with Crippen molar-refractivity contribution in [3.05, 3.63) is 289 Å². The zero-order valence-corrected chi connectivity index (χ0v) is 43.9. The van der Waals surface area contributed by atoms with Crippen LogP contribution in [0.5, 0.6) is 0 Å². The van der Waals surface area contributed by atoms with Gasteiger partial charge in [-0.1, -0.05) is 224 Å². The Morgan fingerprint density at radius 2 is 1.06 bits per heavy atom. The molecular weight excluding hydrogens is 977 g/mol. The van der Waals surface area contributed by atoms with E-state index in [1.807, 2.05) is 6.07 Å². The van der Waals surface area contributed by atoms with Crippen LogP contribution < -0.4 is 10.6 Å². The van der Waals surface area contributed by atoms with Crippen molar-refractivity contribution in [3.8, 4) is 27.9 Å². The summed E-state index contributed by atoms with van der Waals surface area (Å²) in [6.07, 6.45) is 13.2. The highest BCUT2D eigenvalue weighted by atomic mass is 15.2. The molecule has 0 saturated carbocycles. The Bertz CT molecular complexity index is 4480. The zero-order chi connectivity index (χ0) is 52.9. The average Bonchev–Trinajstić information content (AvgIpc) is 4.27. The van der Waals surface area contributed by atoms with Crippen molar-refractivity contribution >= 4 is 72.7 Å². The van der Waals surface area contributed by atoms with Crippen molar-refractivity contribution in [2.24, 2.45) is 25.9 Å². The summed E-state index contributed by atoms with van der Waals surface area (Å²) in [7, 11) is 0. The lowest BCUT2D eigenvalue weighted by Gasteiger charge is -2.34. The molecule has 80 heavy (non-hydrogen) atoms. The molecule has 0 fully saturated rings. The van der Waals surface area contributed by atoms with Crippen LogP contribution >= 0.6 is 0 Å². The van der Waals surface area contributed by atoms with Gasteiger partial charge in [0.15, 0.2) is 11.7 Å². The summed E-state index contributed by atoms with van der Waals surface area (Å²) in [5, 5.41) is 12.6. The predicted molar refractivity (Wildman–Crippen MR) is 332 cm³/mol. The van der Waals surface area contributed by atoms with Crippen LogP contribution in [0.15, 0.2) is 292 Å². The van der Waals surface area contributed by atoms with Crippen molar-refractivity contribution in [1.29, 1.82) is 0 Å². The van der Waals surface area contributed by atoms with Crippen LogP contribution in [0.1, 0.15) is 42.1 Å². The highest BCUT2D eigenvalue weighted by Gasteiger charge is 2.36. The summed E-state index contributed by atoms with van der Waals surface area (Å²) in [6.45, 7) is 0. The molecular formula is C72H54N8. The molecule has 4 aliphatic rings. The van der Waals surface area contributed by atoms with E-state index in [4.69, 9.17) is 20.0 Å². The molecule has 0 radical (unpaired) electrons. The molecule has 0 amide bonds. The quantitative estimate of drug-likeness (QED) is 0.143. The van der Waals surface area contributed by atoms with E-state index in [1.54, 1.807) is 0 Å². The third kappa shape index (κ3) is 8.32. The van der Waals surface area contributed by atoms with E-state index in [-0.39, 0.29) is 12.1 Å². The van der Waals surface area contributed by atoms with Gasteiger partial charge in [-0.15, -0.1) is 0 Å². The molecule has 8 heteroatoms. The monoisotopic (exact) mass is 1030 g/mol. The second-order valence-electron chi connectivity index (χ2n) is 20.8. The third-order valence-electron chi connectivity index (χ3n) is 16.1. The topological polar surface area (TPSA) is 83.4 Å². The number of nitrogens with one attached hydrogen (secondary N) is 2. The number of nitrogens with zero attached hydrogens (tertiary/aromatic N) is 6. The van der Waals surface area contributed by atoms with Crippen LogP contribution in [0, 0.1) is 5.92 Å². The van der Waals surface area contributed by atoms with Gasteiger partial charge < -0.3 is 19.8 Å². The van der Waals surface area contributed by atoms with Crippen LogP contribution in [0.3, 0.4) is 0 Å². The molecule has 2 aromatic heterocycles. The molecule has 382 valence electrons. The maximum atomic E-state index is 5.78. The summed E-state index contributed by atoms with van der Waals surface area (Å²) in [5.74, 6) is 2.66. The predicted octanol–water partition coefficient (Wildman–Crippen LogP) is 16.2. The van der Waals surface area contributed by atoms with E-state index < -0.39 is 6.17 Å². The highest BCUT2D eigenvalue weighted by molar-refractivity contribution is 6.27. The number of aliphatic imine (C=N–C) groups is 4. The average molecular weight is 1030 g/mol. The first kappa shape index (κ1) is 47.1. The maximum absolute atomic E-state index is 5.78. The lowest BCUT2D eigenvalue weighted by Crippen LogP contribution is -2.43. The van der Waals surface area contributed by atoms with Crippen molar-refractivity contribution in [1.82, 2.24) is 19.8 Å². The van der Waals surface area contributed by atoms with Crippen molar-refractivity contribution in [3.63, 3.8) is 0 Å². The Kier molecular flexibility index (Phi) is 11.8. The number of aromatic nitrogens is 2. The summed E-state index contributed by atoms with van der Waals surface area (Å²) in [6, 6.07) is 82.0. The van der Waals surface area contributed by atoms with Gasteiger partial charge in [0.25, 0.3) is 0 Å². The second kappa shape index (κ2) is 20.0. The molecule has 8 nitrogen and oxygen atoms in total. The molecule has 2 aliphatic carbocycles. The number of allylic oxidation sites excluding steroid dienone is 4. The SMILES string of the molecule is C1=CC(C2N=C(c3ccccc3)N=C(C3=CC=C(n4c5ccccc5c5ccc6c(c7ccccc7n6-c6ccccc6)c54)C(C4=NC(c5ccccc5-c5ccccc5)=NC(c5ccc(-c6ccccc6)cc5)N4)C3)N2)=CCC1. The first-order chi connectivity index (χ1) is 39.7. The van der Waals surface area contributed by atoms with Gasteiger partial charge in [0, 0.05) is 44.1 Å². The van der Waals surface area contributed by atoms with Crippen LogP contribution in [0.4, 0.5) is 0 Å². The van der Waals surface area contributed by atoms with Gasteiger partial charge in [0.05, 0.1) is 28.0 Å². The maximum Gasteiger partial charge on any atom is 0.159 e. The first-order valence-corrected chi connectivity index (χ1v) is 27.7. The molecule has 4 heterocycles. The fraction of sp³-hybridized carbons (Fsp3) is 0.0833. The first-order valence-electron chi connectivity index (χ1n) is 27.7. The molecule has 3 atom stereocenters. The van der Waals surface area contributed by atoms with Crippen LogP contribution in [-0.2, 0) is 0 Å². The number of fused-ring (bicyclic) bond motifs is 7. The Morgan fingerprint density at radius 3 is 1.80 bits per heavy atom. The molecule has 0 spiro atoms. The number of hydrogen-bond acceptors (Lipinski definition) is 6. The van der Waals surface area contributed by atoms with E-state index in [0.717, 1.165) is 102 Å². The van der Waals surface area contributed by atoms with E-state index >= 15 is 0 Å². The Labute approximate surface area is 464 Å². The number of amidine groups is 4. The lowest BCUT2D eigenvalue weighted by atomic mass is 9.87. The molecule has 0 saturated heterocycles. The minimum absolute atomic E-state index is 0.312. The van der Waals surface area contributed by atoms with Gasteiger partial charge in [0.1, 0.15) is 24.0 Å². The molecule has 0 bridgehead atoms. The Balaban J connectivity index is 0.968. The van der Waals surface area contributed by atoms with E-state index in [2.05, 4.69) is 275 Å². The summed E-state index contributed by atoms with van der Waals surface area (Å²) < 4.78 is 4.95. The number of hydrogen-bond donors (Lipinski definition) is 2. The van der Waals surface area contributed by atoms with Gasteiger partial charge in [0.2, 0.25) is 0 Å². The summed E-state index contributed by atoms with van der Waals surface area (Å²) >= 11 is 0. The minimum atomic E-state index is -0.466. The van der Waals surface area contributed by atoms with Crippen LogP contribution in [-0.4, -0.2) is 38.6 Å². The van der Waals surface area contributed by atoms with E-state index in [0.29, 0.717) is 18.1 Å². The molecule has 9 aromatic carbocycles. The third-order valence-corrected chi connectivity index (χ3v) is 16.1. The minimum Gasteiger partial charge on any atom is -0.348 e. The molecule has 11 aromatic rings. The van der Waals surface area contributed by atoms with Crippen molar-refractivity contribution < 1.29 is 0 Å². The molecule has 3 unspecified atom stereocenters. The fourth-order valence-electron chi connectivity index (χ4n) is 12.3. The highest BCUT2D eigenvalue weighted by Crippen LogP contribution is 2.45. The smallest absolute Gasteiger partial charge is 0.159 e. The number of para-hydroxylation sites is 3. The van der Waals surface area contributed by atoms with Gasteiger partial charge in [-0.05, 0) is 94.6 Å². The number of rotatable bonds is 10. The molecule has 2 N–H and O–H groups in total. The van der Waals surface area contributed by atoms with Crippen molar-refractivity contribution in [2.75, 3.05) is 0 Å². The van der Waals surface area contributed by atoms with Gasteiger partial charge >= 0.3 is 0 Å². The molecule has 15 rings (SSSR count). The lowest BCUT2D eigenvalue weighted by molar-refractivity contribution is 0.638. The van der Waals surface area contributed by atoms with Gasteiger partial charge in [-0.2, -0.15) is 0 Å². The number of benzene rings is 9. The van der Waals surface area contributed by atoms with E-state index in [1.165, 1.54) is 27.1 Å². The van der Waals surface area contributed by atoms with E-state index in [9.17, 15) is 0 Å². The normalized spacial score (nSPS) is 18.1. The summed E-state index contributed by atoms with van der Waals surface area (Å²) in [4.78, 5) is 22.0. The van der Waals surface area contributed by atoms with Gasteiger partial charge in [-0.3, -0.25) is 0 Å². The van der Waals surface area contributed by atoms with Crippen molar-refractivity contribution in [2.45, 2.75) is 31.6 Å². The standard InChI is InChI=1S/C72H54N8/c1-6-22-47(23-7-1)48-38-40-52(41-39-48)69-76-71(58-34-17-16-32-55(58)49-24-8-2-9-25-49)78-72(77-69)60-46-53(70-74-67(50-26-10-3-11-27-50)73-68(75-70)51-28-12-4-13-29-51)42-44-63(60)80-61-36-20-18-33-56(61)57-43-45-64-65(66(57)80)59-35-19-21-37-62(59)79(64)54-30-14-5-15-31-54/h1-3,5-12,14-45,60,68-69H,4,13,46H2,(H,73,74,75)(H,76,77,78). The van der Waals surface area contributed by atoms with Gasteiger partial charge in [-0.25, -0.2) is 20.0 Å². The molecule has 2 aliphatic heterocycles. The fourth-order valence-corrected chi connectivity index (χ4v) is 12.3. The largest absolute Gasteiger partial charge is 0.348 e. The summed E-state index contributed by atoms with van der Waals surface area (Å²) in [5.41, 5.74) is 16.4.